The summed E-state index contributed by atoms with van der Waals surface area (Å²) >= 11 is 3.14. The third-order valence-electron chi connectivity index (χ3n) is 2.29. The molecule has 0 saturated carbocycles. The Balaban J connectivity index is 1.98. The zero-order valence-electron chi connectivity index (χ0n) is 9.95. The molecule has 0 unspecified atom stereocenters. The van der Waals surface area contributed by atoms with Gasteiger partial charge in [0.2, 0.25) is 0 Å². The maximum atomic E-state index is 11.7. The molecule has 0 aliphatic carbocycles. The second-order valence-corrected chi connectivity index (χ2v) is 4.43. The van der Waals surface area contributed by atoms with E-state index < -0.39 is 10.8 Å². The number of rotatable bonds is 4. The summed E-state index contributed by atoms with van der Waals surface area (Å²) in [5.41, 5.74) is 2.48. The molecule has 0 bridgehead atoms. The van der Waals surface area contributed by atoms with E-state index in [0.717, 1.165) is 0 Å². The van der Waals surface area contributed by atoms with Crippen LogP contribution >= 0.6 is 15.9 Å². The van der Waals surface area contributed by atoms with Crippen LogP contribution in [-0.2, 0) is 0 Å². The lowest BCUT2D eigenvalue weighted by Gasteiger charge is -1.98. The maximum absolute atomic E-state index is 11.7. The number of carbonyl (C=O) groups excluding carboxylic acids is 1. The van der Waals surface area contributed by atoms with Gasteiger partial charge >= 0.3 is 0 Å². The highest BCUT2D eigenvalue weighted by atomic mass is 79.9. The highest BCUT2D eigenvalue weighted by Crippen LogP contribution is 2.13. The van der Waals surface area contributed by atoms with Crippen LogP contribution in [0.2, 0.25) is 0 Å². The topological polar surface area (TPSA) is 97.7 Å². The zero-order chi connectivity index (χ0) is 14.5. The van der Waals surface area contributed by atoms with Crippen LogP contribution in [0.5, 0.6) is 0 Å². The standard InChI is InChI=1S/C12H8BrN3O4/c13-11-6-5-10(20-11)7-14-15-12(17)8-1-3-9(4-2-8)16(18)19/h1-7H,(H,15,17)/b14-7+. The highest BCUT2D eigenvalue weighted by molar-refractivity contribution is 9.10. The lowest BCUT2D eigenvalue weighted by molar-refractivity contribution is -0.384. The van der Waals surface area contributed by atoms with Crippen LogP contribution < -0.4 is 5.43 Å². The molecule has 0 aliphatic rings. The van der Waals surface area contributed by atoms with Crippen molar-refractivity contribution in [3.63, 3.8) is 0 Å². The Morgan fingerprint density at radius 1 is 1.30 bits per heavy atom. The van der Waals surface area contributed by atoms with Gasteiger partial charge < -0.3 is 4.42 Å². The van der Waals surface area contributed by atoms with E-state index in [2.05, 4.69) is 26.5 Å². The van der Waals surface area contributed by atoms with Gasteiger partial charge in [0.1, 0.15) is 5.76 Å². The van der Waals surface area contributed by atoms with Crippen LogP contribution in [0, 0.1) is 10.1 Å². The second-order valence-electron chi connectivity index (χ2n) is 3.64. The zero-order valence-corrected chi connectivity index (χ0v) is 11.5. The number of nitrogens with zero attached hydrogens (tertiary/aromatic N) is 2. The average Bonchev–Trinajstić information content (AvgIpc) is 2.84. The molecule has 7 nitrogen and oxygen atoms in total. The molecule has 1 amide bonds. The quantitative estimate of drug-likeness (QED) is 0.526. The van der Waals surface area contributed by atoms with E-state index in [4.69, 9.17) is 4.42 Å². The Bertz CT molecular complexity index is 664. The molecule has 1 N–H and O–H groups in total. The van der Waals surface area contributed by atoms with Crippen LogP contribution in [0.1, 0.15) is 16.1 Å². The summed E-state index contributed by atoms with van der Waals surface area (Å²) in [5.74, 6) is 0.00245. The Hall–Kier alpha value is -2.48. The minimum absolute atomic E-state index is 0.0783. The number of nitro benzene ring substituents is 1. The lowest BCUT2D eigenvalue weighted by atomic mass is 10.2. The Morgan fingerprint density at radius 2 is 2.00 bits per heavy atom. The third-order valence-corrected chi connectivity index (χ3v) is 2.72. The van der Waals surface area contributed by atoms with Crippen molar-refractivity contribution in [3.05, 3.63) is 62.5 Å². The van der Waals surface area contributed by atoms with Gasteiger partial charge in [-0.05, 0) is 40.2 Å². The van der Waals surface area contributed by atoms with Crippen molar-refractivity contribution < 1.29 is 14.1 Å². The van der Waals surface area contributed by atoms with E-state index in [1.165, 1.54) is 30.5 Å². The monoisotopic (exact) mass is 337 g/mol. The fourth-order valence-corrected chi connectivity index (χ4v) is 1.67. The Labute approximate surface area is 121 Å². The summed E-state index contributed by atoms with van der Waals surface area (Å²) in [6.45, 7) is 0. The number of nitrogens with one attached hydrogen (secondary N) is 1. The molecular weight excluding hydrogens is 330 g/mol. The van der Waals surface area contributed by atoms with Gasteiger partial charge in [0.15, 0.2) is 4.67 Å². The number of furan rings is 1. The smallest absolute Gasteiger partial charge is 0.271 e. The van der Waals surface area contributed by atoms with Gasteiger partial charge in [0.25, 0.3) is 11.6 Å². The van der Waals surface area contributed by atoms with Crippen LogP contribution in [0.15, 0.2) is 50.6 Å². The van der Waals surface area contributed by atoms with Gasteiger partial charge in [-0.1, -0.05) is 0 Å². The predicted molar refractivity (Wildman–Crippen MR) is 74.6 cm³/mol. The van der Waals surface area contributed by atoms with Gasteiger partial charge in [-0.25, -0.2) is 5.43 Å². The molecule has 0 spiro atoms. The normalized spacial score (nSPS) is 10.7. The first-order chi connectivity index (χ1) is 9.56. The maximum Gasteiger partial charge on any atom is 0.271 e. The summed E-state index contributed by atoms with van der Waals surface area (Å²) < 4.78 is 5.71. The molecule has 0 saturated heterocycles. The lowest BCUT2D eigenvalue weighted by Crippen LogP contribution is -2.17. The molecule has 0 aliphatic heterocycles. The summed E-state index contributed by atoms with van der Waals surface area (Å²) in [4.78, 5) is 21.6. The molecule has 20 heavy (non-hydrogen) atoms. The second kappa shape index (κ2) is 6.11. The van der Waals surface area contributed by atoms with Gasteiger partial charge in [0, 0.05) is 17.7 Å². The first-order valence-electron chi connectivity index (χ1n) is 5.39. The summed E-state index contributed by atoms with van der Waals surface area (Å²) in [5, 5.41) is 14.2. The van der Waals surface area contributed by atoms with Gasteiger partial charge in [-0.2, -0.15) is 5.10 Å². The third kappa shape index (κ3) is 3.51. The number of amides is 1. The van der Waals surface area contributed by atoms with Crippen LogP contribution in [0.4, 0.5) is 5.69 Å². The van der Waals surface area contributed by atoms with Crippen molar-refractivity contribution in [2.24, 2.45) is 5.10 Å². The minimum Gasteiger partial charge on any atom is -0.448 e. The SMILES string of the molecule is O=C(N/N=C/c1ccc(Br)o1)c1ccc([N+](=O)[O-])cc1. The van der Waals surface area contributed by atoms with Crippen molar-refractivity contribution in [1.29, 1.82) is 0 Å². The van der Waals surface area contributed by atoms with Crippen molar-refractivity contribution in [1.82, 2.24) is 5.43 Å². The molecule has 0 fully saturated rings. The van der Waals surface area contributed by atoms with E-state index in [9.17, 15) is 14.9 Å². The molecule has 1 aromatic heterocycles. The largest absolute Gasteiger partial charge is 0.448 e. The number of hydrazone groups is 1. The summed E-state index contributed by atoms with van der Waals surface area (Å²) in [6, 6.07) is 8.58. The van der Waals surface area contributed by atoms with Crippen molar-refractivity contribution in [2.75, 3.05) is 0 Å². The number of non-ortho nitro benzene ring substituents is 1. The number of hydrogen-bond donors (Lipinski definition) is 1. The first kappa shape index (κ1) is 13.9. The number of nitro groups is 1. The fourth-order valence-electron chi connectivity index (χ4n) is 1.35. The van der Waals surface area contributed by atoms with Gasteiger partial charge in [0.05, 0.1) is 11.1 Å². The van der Waals surface area contributed by atoms with Crippen molar-refractivity contribution >= 4 is 33.7 Å². The molecule has 0 atom stereocenters. The minimum atomic E-state index is -0.533. The van der Waals surface area contributed by atoms with Crippen molar-refractivity contribution in [2.45, 2.75) is 0 Å². The van der Waals surface area contributed by atoms with E-state index in [1.807, 2.05) is 0 Å². The molecule has 1 aromatic carbocycles. The number of benzene rings is 1. The molecule has 2 aromatic rings. The molecule has 102 valence electrons. The van der Waals surface area contributed by atoms with E-state index >= 15 is 0 Å². The molecule has 8 heteroatoms. The van der Waals surface area contributed by atoms with Gasteiger partial charge in [-0.3, -0.25) is 14.9 Å². The molecular formula is C12H8BrN3O4. The summed E-state index contributed by atoms with van der Waals surface area (Å²) in [6.07, 6.45) is 1.34. The highest BCUT2D eigenvalue weighted by Gasteiger charge is 2.08. The first-order valence-corrected chi connectivity index (χ1v) is 6.19. The number of hydrogen-bond acceptors (Lipinski definition) is 5. The average molecular weight is 338 g/mol. The van der Waals surface area contributed by atoms with Crippen LogP contribution in [0.25, 0.3) is 0 Å². The summed E-state index contributed by atoms with van der Waals surface area (Å²) in [7, 11) is 0. The van der Waals surface area contributed by atoms with Crippen LogP contribution in [0.3, 0.4) is 0 Å². The predicted octanol–water partition coefficient (Wildman–Crippen LogP) is 2.71. The molecule has 0 radical (unpaired) electrons. The molecule has 2 rings (SSSR count). The number of halogens is 1. The Morgan fingerprint density at radius 3 is 2.55 bits per heavy atom. The van der Waals surface area contributed by atoms with Gasteiger partial charge in [-0.15, -0.1) is 0 Å². The van der Waals surface area contributed by atoms with Crippen LogP contribution in [-0.4, -0.2) is 17.0 Å². The Kier molecular flexibility index (Phi) is 4.26. The van der Waals surface area contributed by atoms with Crippen molar-refractivity contribution in [3.8, 4) is 0 Å². The fraction of sp³-hybridized carbons (Fsp3) is 0. The number of carbonyl (C=O) groups is 1. The van der Waals surface area contributed by atoms with E-state index in [0.29, 0.717) is 10.4 Å². The van der Waals surface area contributed by atoms with E-state index in [1.54, 1.807) is 12.1 Å². The molecule has 1 heterocycles. The van der Waals surface area contributed by atoms with E-state index in [-0.39, 0.29) is 11.3 Å².